The maximum absolute atomic E-state index is 4.18. The highest BCUT2D eigenvalue weighted by Gasteiger charge is 1.97. The molecule has 0 aliphatic rings. The van der Waals surface area contributed by atoms with Gasteiger partial charge in [-0.05, 0) is 25.5 Å². The Morgan fingerprint density at radius 2 is 2.00 bits per heavy atom. The molecule has 0 amide bonds. The van der Waals surface area contributed by atoms with Gasteiger partial charge in [-0.15, -0.1) is 0 Å². The summed E-state index contributed by atoms with van der Waals surface area (Å²) in [6.45, 7) is 8.30. The minimum atomic E-state index is 0.876. The molecule has 0 radical (unpaired) electrons. The second-order valence-corrected chi connectivity index (χ2v) is 3.66. The summed E-state index contributed by atoms with van der Waals surface area (Å²) in [5.41, 5.74) is 2.30. The molecule has 0 fully saturated rings. The molecule has 0 aliphatic heterocycles. The fourth-order valence-corrected chi connectivity index (χ4v) is 1.38. The second-order valence-electron chi connectivity index (χ2n) is 3.66. The number of hydrogen-bond donors (Lipinski definition) is 3. The Kier molecular flexibility index (Phi) is 6.04. The Morgan fingerprint density at radius 1 is 1.20 bits per heavy atom. The molecule has 3 N–H and O–H groups in total. The highest BCUT2D eigenvalue weighted by Crippen LogP contribution is 1.98. The number of hydrogen-bond acceptors (Lipinski definition) is 3. The largest absolute Gasteiger partial charge is 0.315 e. The summed E-state index contributed by atoms with van der Waals surface area (Å²) < 4.78 is 0. The second kappa shape index (κ2) is 7.43. The number of H-pyrrole nitrogens is 1. The molecule has 0 unspecified atom stereocenters. The van der Waals surface area contributed by atoms with Crippen molar-refractivity contribution in [3.63, 3.8) is 0 Å². The van der Waals surface area contributed by atoms with Crippen molar-refractivity contribution in [2.45, 2.75) is 33.2 Å². The third kappa shape index (κ3) is 4.95. The molecule has 86 valence electrons. The van der Waals surface area contributed by atoms with Gasteiger partial charge in [-0.2, -0.15) is 5.10 Å². The number of aromatic amines is 1. The molecule has 0 saturated heterocycles. The molecule has 0 atom stereocenters. The molecule has 0 spiro atoms. The van der Waals surface area contributed by atoms with Gasteiger partial charge in [-0.3, -0.25) is 5.10 Å². The van der Waals surface area contributed by atoms with Gasteiger partial charge in [0.25, 0.3) is 0 Å². The van der Waals surface area contributed by atoms with Crippen LogP contribution >= 0.6 is 0 Å². The zero-order valence-electron chi connectivity index (χ0n) is 9.77. The standard InChI is InChI=1S/C11H22N4/c1-3-5-12-6-7-13-9-11-8-10(4-2)14-15-11/h8,12-13H,3-7,9H2,1-2H3,(H,14,15). The number of nitrogens with zero attached hydrogens (tertiary/aromatic N) is 1. The highest BCUT2D eigenvalue weighted by molar-refractivity contribution is 5.07. The van der Waals surface area contributed by atoms with E-state index in [2.05, 4.69) is 40.7 Å². The molecule has 1 rings (SSSR count). The Labute approximate surface area is 91.8 Å². The van der Waals surface area contributed by atoms with Crippen molar-refractivity contribution in [3.8, 4) is 0 Å². The topological polar surface area (TPSA) is 52.7 Å². The molecule has 1 heterocycles. The molecule has 15 heavy (non-hydrogen) atoms. The van der Waals surface area contributed by atoms with E-state index >= 15 is 0 Å². The van der Waals surface area contributed by atoms with Crippen LogP contribution in [0.2, 0.25) is 0 Å². The zero-order chi connectivity index (χ0) is 10.9. The average Bonchev–Trinajstić information content (AvgIpc) is 2.71. The van der Waals surface area contributed by atoms with Crippen LogP contribution < -0.4 is 10.6 Å². The van der Waals surface area contributed by atoms with Gasteiger partial charge in [0.05, 0.1) is 5.69 Å². The summed E-state index contributed by atoms with van der Waals surface area (Å²) >= 11 is 0. The molecule has 1 aromatic rings. The van der Waals surface area contributed by atoms with Crippen LogP contribution in [0.3, 0.4) is 0 Å². The van der Waals surface area contributed by atoms with Gasteiger partial charge in [-0.1, -0.05) is 13.8 Å². The first-order chi connectivity index (χ1) is 7.36. The zero-order valence-corrected chi connectivity index (χ0v) is 9.77. The molecule has 0 aliphatic carbocycles. The number of aryl methyl sites for hydroxylation is 1. The van der Waals surface area contributed by atoms with Crippen LogP contribution in [0.25, 0.3) is 0 Å². The van der Waals surface area contributed by atoms with Crippen molar-refractivity contribution in [1.29, 1.82) is 0 Å². The maximum Gasteiger partial charge on any atom is 0.0622 e. The normalized spacial score (nSPS) is 10.8. The highest BCUT2D eigenvalue weighted by atomic mass is 15.1. The molecular formula is C11H22N4. The van der Waals surface area contributed by atoms with E-state index in [-0.39, 0.29) is 0 Å². The van der Waals surface area contributed by atoms with Crippen LogP contribution in [0.4, 0.5) is 0 Å². The van der Waals surface area contributed by atoms with E-state index in [4.69, 9.17) is 0 Å². The fourth-order valence-electron chi connectivity index (χ4n) is 1.38. The van der Waals surface area contributed by atoms with E-state index in [9.17, 15) is 0 Å². The lowest BCUT2D eigenvalue weighted by Crippen LogP contribution is -2.27. The van der Waals surface area contributed by atoms with E-state index in [1.54, 1.807) is 0 Å². The Morgan fingerprint density at radius 3 is 2.67 bits per heavy atom. The molecule has 4 nitrogen and oxygen atoms in total. The predicted octanol–water partition coefficient (Wildman–Crippen LogP) is 1.06. The van der Waals surface area contributed by atoms with Crippen LogP contribution in [0, 0.1) is 0 Å². The summed E-state index contributed by atoms with van der Waals surface area (Å²) in [6.07, 6.45) is 2.19. The first-order valence-corrected chi connectivity index (χ1v) is 5.81. The van der Waals surface area contributed by atoms with Gasteiger partial charge in [-0.25, -0.2) is 0 Å². The average molecular weight is 210 g/mol. The molecule has 0 bridgehead atoms. The first kappa shape index (κ1) is 12.2. The van der Waals surface area contributed by atoms with E-state index in [1.807, 2.05) is 0 Å². The SMILES string of the molecule is CCCNCCNCc1cc(CC)n[nH]1. The van der Waals surface area contributed by atoms with Crippen molar-refractivity contribution < 1.29 is 0 Å². The van der Waals surface area contributed by atoms with Gasteiger partial charge in [0.1, 0.15) is 0 Å². The Balaban J connectivity index is 2.04. The summed E-state index contributed by atoms with van der Waals surface area (Å²) in [5.74, 6) is 0. The molecular weight excluding hydrogens is 188 g/mol. The van der Waals surface area contributed by atoms with E-state index in [0.29, 0.717) is 0 Å². The predicted molar refractivity (Wildman–Crippen MR) is 62.8 cm³/mol. The maximum atomic E-state index is 4.18. The number of aromatic nitrogens is 2. The first-order valence-electron chi connectivity index (χ1n) is 5.81. The lowest BCUT2D eigenvalue weighted by molar-refractivity contribution is 0.601. The van der Waals surface area contributed by atoms with Gasteiger partial charge < -0.3 is 10.6 Å². The summed E-state index contributed by atoms with van der Waals surface area (Å²) in [4.78, 5) is 0. The van der Waals surface area contributed by atoms with Crippen LogP contribution in [0.1, 0.15) is 31.7 Å². The third-order valence-corrected chi connectivity index (χ3v) is 2.27. The van der Waals surface area contributed by atoms with Gasteiger partial charge in [0.15, 0.2) is 0 Å². The number of rotatable bonds is 8. The van der Waals surface area contributed by atoms with Crippen molar-refractivity contribution in [2.75, 3.05) is 19.6 Å². The number of nitrogens with one attached hydrogen (secondary N) is 3. The van der Waals surface area contributed by atoms with Crippen molar-refractivity contribution >= 4 is 0 Å². The van der Waals surface area contributed by atoms with Crippen LogP contribution in [0.5, 0.6) is 0 Å². The molecule has 4 heteroatoms. The lowest BCUT2D eigenvalue weighted by atomic mass is 10.3. The Hall–Kier alpha value is -0.870. The third-order valence-electron chi connectivity index (χ3n) is 2.27. The fraction of sp³-hybridized carbons (Fsp3) is 0.727. The van der Waals surface area contributed by atoms with E-state index in [1.165, 1.54) is 12.1 Å². The van der Waals surface area contributed by atoms with Crippen LogP contribution in [0.15, 0.2) is 6.07 Å². The monoisotopic (exact) mass is 210 g/mol. The van der Waals surface area contributed by atoms with Crippen molar-refractivity contribution in [1.82, 2.24) is 20.8 Å². The minimum Gasteiger partial charge on any atom is -0.315 e. The lowest BCUT2D eigenvalue weighted by Gasteiger charge is -2.03. The van der Waals surface area contributed by atoms with Crippen LogP contribution in [-0.4, -0.2) is 29.8 Å². The van der Waals surface area contributed by atoms with Gasteiger partial charge in [0.2, 0.25) is 0 Å². The van der Waals surface area contributed by atoms with E-state index in [0.717, 1.165) is 38.3 Å². The van der Waals surface area contributed by atoms with Crippen molar-refractivity contribution in [3.05, 3.63) is 17.5 Å². The van der Waals surface area contributed by atoms with E-state index < -0.39 is 0 Å². The Bertz CT molecular complexity index is 257. The van der Waals surface area contributed by atoms with Crippen molar-refractivity contribution in [2.24, 2.45) is 0 Å². The summed E-state index contributed by atoms with van der Waals surface area (Å²) in [6, 6.07) is 2.12. The van der Waals surface area contributed by atoms with Gasteiger partial charge >= 0.3 is 0 Å². The molecule has 0 saturated carbocycles. The summed E-state index contributed by atoms with van der Waals surface area (Å²) in [7, 11) is 0. The van der Waals surface area contributed by atoms with Gasteiger partial charge in [0, 0.05) is 25.3 Å². The molecule has 1 aromatic heterocycles. The summed E-state index contributed by atoms with van der Waals surface area (Å²) in [5, 5.41) is 13.9. The smallest absolute Gasteiger partial charge is 0.0622 e. The molecule has 0 aromatic carbocycles. The quantitative estimate of drug-likeness (QED) is 0.562. The minimum absolute atomic E-state index is 0.876. The van der Waals surface area contributed by atoms with Crippen LogP contribution in [-0.2, 0) is 13.0 Å².